The average Bonchev–Trinajstić information content (AvgIpc) is 2.58. The first-order chi connectivity index (χ1) is 8.74. The van der Waals surface area contributed by atoms with Crippen LogP contribution in [0.2, 0.25) is 0 Å². The third-order valence-corrected chi connectivity index (χ3v) is 3.03. The standard InChI is InChI=1S/C9H15BNO7P/c1-11-6(12)4-17-8-7(13)5(18-9(8)10)2-3-19(14,15)16/h2-3,5,7-9,13H,4H2,1H3,(H,11,12)(H2,14,15,16)/b3-2+/t5-,7?,8?,9-/m1/s1. The number of rotatable bonds is 5. The van der Waals surface area contributed by atoms with E-state index in [9.17, 15) is 14.5 Å². The van der Waals surface area contributed by atoms with Crippen LogP contribution in [0.4, 0.5) is 0 Å². The number of likely N-dealkylation sites (N-methyl/N-ethyl adjacent to an activating group) is 1. The second kappa shape index (κ2) is 6.65. The number of hydrogen-bond acceptors (Lipinski definition) is 5. The van der Waals surface area contributed by atoms with Gasteiger partial charge in [0.2, 0.25) is 5.91 Å². The highest BCUT2D eigenvalue weighted by Gasteiger charge is 2.40. The molecule has 4 atom stereocenters. The molecule has 0 aliphatic carbocycles. The minimum atomic E-state index is -4.34. The first-order valence-corrected chi connectivity index (χ1v) is 7.08. The molecule has 1 saturated heterocycles. The van der Waals surface area contributed by atoms with Gasteiger partial charge in [-0.3, -0.25) is 9.36 Å². The predicted octanol–water partition coefficient (Wildman–Crippen LogP) is -1.94. The molecule has 1 fully saturated rings. The van der Waals surface area contributed by atoms with E-state index >= 15 is 0 Å². The van der Waals surface area contributed by atoms with Gasteiger partial charge in [-0.15, -0.1) is 0 Å². The van der Waals surface area contributed by atoms with E-state index < -0.39 is 37.8 Å². The summed E-state index contributed by atoms with van der Waals surface area (Å²) >= 11 is 0. The van der Waals surface area contributed by atoms with E-state index in [1.807, 2.05) is 0 Å². The molecule has 0 aromatic rings. The molecular weight excluding hydrogens is 276 g/mol. The highest BCUT2D eigenvalue weighted by molar-refractivity contribution is 7.55. The lowest BCUT2D eigenvalue weighted by Gasteiger charge is -2.18. The van der Waals surface area contributed by atoms with Crippen molar-refractivity contribution in [3.05, 3.63) is 11.9 Å². The summed E-state index contributed by atoms with van der Waals surface area (Å²) in [6.45, 7) is -0.301. The summed E-state index contributed by atoms with van der Waals surface area (Å²) in [4.78, 5) is 28.4. The van der Waals surface area contributed by atoms with Crippen LogP contribution in [0, 0.1) is 0 Å². The second-order valence-corrected chi connectivity index (χ2v) is 5.41. The molecule has 4 N–H and O–H groups in total. The Hall–Kier alpha value is -0.695. The Labute approximate surface area is 111 Å². The zero-order valence-electron chi connectivity index (χ0n) is 10.2. The van der Waals surface area contributed by atoms with Crippen LogP contribution >= 0.6 is 7.60 Å². The number of hydrogen-bond donors (Lipinski definition) is 4. The minimum Gasteiger partial charge on any atom is -0.387 e. The highest BCUT2D eigenvalue weighted by Crippen LogP contribution is 2.37. The molecule has 19 heavy (non-hydrogen) atoms. The van der Waals surface area contributed by atoms with Crippen molar-refractivity contribution in [1.29, 1.82) is 0 Å². The van der Waals surface area contributed by atoms with E-state index in [1.165, 1.54) is 7.05 Å². The van der Waals surface area contributed by atoms with Gasteiger partial charge < -0.3 is 29.7 Å². The normalized spacial score (nSPS) is 31.8. The summed E-state index contributed by atoms with van der Waals surface area (Å²) in [6.07, 6.45) is -2.15. The zero-order chi connectivity index (χ0) is 14.6. The van der Waals surface area contributed by atoms with Crippen molar-refractivity contribution in [2.24, 2.45) is 0 Å². The number of carbonyl (C=O) groups is 1. The number of ether oxygens (including phenoxy) is 2. The van der Waals surface area contributed by atoms with Gasteiger partial charge in [-0.1, -0.05) is 0 Å². The Bertz CT molecular complexity index is 398. The lowest BCUT2D eigenvalue weighted by atomic mass is 9.93. The smallest absolute Gasteiger partial charge is 0.348 e. The molecule has 1 aliphatic heterocycles. The first-order valence-electron chi connectivity index (χ1n) is 5.40. The molecule has 0 spiro atoms. The highest BCUT2D eigenvalue weighted by atomic mass is 31.2. The monoisotopic (exact) mass is 291 g/mol. The minimum absolute atomic E-state index is 0.301. The summed E-state index contributed by atoms with van der Waals surface area (Å²) in [5.41, 5.74) is 0. The van der Waals surface area contributed by atoms with Crippen molar-refractivity contribution < 1.29 is 33.7 Å². The maximum Gasteiger partial charge on any atom is 0.348 e. The average molecular weight is 291 g/mol. The van der Waals surface area contributed by atoms with Gasteiger partial charge in [0.15, 0.2) is 0 Å². The molecule has 106 valence electrons. The van der Waals surface area contributed by atoms with Crippen LogP contribution in [0.1, 0.15) is 0 Å². The van der Waals surface area contributed by atoms with E-state index in [2.05, 4.69) is 5.32 Å². The molecule has 0 saturated carbocycles. The van der Waals surface area contributed by atoms with Crippen LogP contribution < -0.4 is 5.32 Å². The van der Waals surface area contributed by atoms with E-state index in [1.54, 1.807) is 0 Å². The van der Waals surface area contributed by atoms with Crippen LogP contribution in [0.5, 0.6) is 0 Å². The molecular formula is C9H15BNO7P. The Kier molecular flexibility index (Phi) is 5.72. The van der Waals surface area contributed by atoms with Gasteiger partial charge in [-0.25, -0.2) is 0 Å². The molecule has 10 heteroatoms. The molecule has 2 unspecified atom stereocenters. The van der Waals surface area contributed by atoms with Gasteiger partial charge in [0.05, 0.1) is 0 Å². The molecule has 0 aromatic carbocycles. The van der Waals surface area contributed by atoms with Crippen LogP contribution in [-0.2, 0) is 18.8 Å². The van der Waals surface area contributed by atoms with E-state index in [0.29, 0.717) is 5.82 Å². The van der Waals surface area contributed by atoms with Crippen LogP contribution in [0.15, 0.2) is 11.9 Å². The lowest BCUT2D eigenvalue weighted by molar-refractivity contribution is -0.129. The van der Waals surface area contributed by atoms with Gasteiger partial charge in [0.1, 0.15) is 32.8 Å². The first kappa shape index (κ1) is 16.4. The van der Waals surface area contributed by atoms with Gasteiger partial charge >= 0.3 is 7.60 Å². The van der Waals surface area contributed by atoms with Crippen molar-refractivity contribution in [3.63, 3.8) is 0 Å². The Morgan fingerprint density at radius 3 is 2.74 bits per heavy atom. The van der Waals surface area contributed by atoms with Crippen molar-refractivity contribution >= 4 is 21.3 Å². The number of amides is 1. The van der Waals surface area contributed by atoms with E-state index in [0.717, 1.165) is 6.08 Å². The molecule has 1 aliphatic rings. The van der Waals surface area contributed by atoms with E-state index in [4.69, 9.17) is 27.1 Å². The van der Waals surface area contributed by atoms with Gasteiger partial charge in [0, 0.05) is 18.9 Å². The second-order valence-electron chi connectivity index (χ2n) is 3.94. The predicted molar refractivity (Wildman–Crippen MR) is 65.4 cm³/mol. The maximum atomic E-state index is 11.0. The van der Waals surface area contributed by atoms with Gasteiger partial charge in [0.25, 0.3) is 0 Å². The molecule has 0 bridgehead atoms. The van der Waals surface area contributed by atoms with Crippen molar-refractivity contribution in [2.45, 2.75) is 24.3 Å². The molecule has 1 rings (SSSR count). The quantitative estimate of drug-likeness (QED) is 0.343. The van der Waals surface area contributed by atoms with Crippen LogP contribution in [0.25, 0.3) is 0 Å². The van der Waals surface area contributed by atoms with E-state index in [-0.39, 0.29) is 6.61 Å². The van der Waals surface area contributed by atoms with Crippen molar-refractivity contribution in [3.8, 4) is 0 Å². The Morgan fingerprint density at radius 1 is 1.58 bits per heavy atom. The molecule has 1 amide bonds. The zero-order valence-corrected chi connectivity index (χ0v) is 11.1. The number of carbonyl (C=O) groups excluding carboxylic acids is 1. The largest absolute Gasteiger partial charge is 0.387 e. The Balaban J connectivity index is 2.60. The maximum absolute atomic E-state index is 11.0. The fraction of sp³-hybridized carbons (Fsp3) is 0.667. The fourth-order valence-electron chi connectivity index (χ4n) is 1.51. The SMILES string of the molecule is [B][C@@H]1O[C@H](/C=C/P(=O)(O)O)C(O)C1OCC(=O)NC. The molecule has 8 nitrogen and oxygen atoms in total. The summed E-state index contributed by atoms with van der Waals surface area (Å²) in [5.74, 6) is 0.225. The summed E-state index contributed by atoms with van der Waals surface area (Å²) < 4.78 is 20.9. The number of aliphatic hydroxyl groups is 1. The van der Waals surface area contributed by atoms with Crippen LogP contribution in [-0.4, -0.2) is 66.6 Å². The lowest BCUT2D eigenvalue weighted by Crippen LogP contribution is -2.38. The summed E-state index contributed by atoms with van der Waals surface area (Å²) in [5, 5.41) is 12.2. The third kappa shape index (κ3) is 5.06. The fourth-order valence-corrected chi connectivity index (χ4v) is 1.91. The third-order valence-electron chi connectivity index (χ3n) is 2.47. The van der Waals surface area contributed by atoms with Gasteiger partial charge in [-0.05, 0) is 6.08 Å². The molecule has 1 heterocycles. The Morgan fingerprint density at radius 2 is 2.21 bits per heavy atom. The number of nitrogens with one attached hydrogen (secondary N) is 1. The molecule has 0 aromatic heterocycles. The van der Waals surface area contributed by atoms with Crippen molar-refractivity contribution in [1.82, 2.24) is 5.32 Å². The van der Waals surface area contributed by atoms with Gasteiger partial charge in [-0.2, -0.15) is 0 Å². The summed E-state index contributed by atoms with van der Waals surface area (Å²) in [7, 11) is 2.65. The van der Waals surface area contributed by atoms with Crippen LogP contribution in [0.3, 0.4) is 0 Å². The number of aliphatic hydroxyl groups excluding tert-OH is 1. The van der Waals surface area contributed by atoms with Crippen molar-refractivity contribution in [2.75, 3.05) is 13.7 Å². The topological polar surface area (TPSA) is 125 Å². The summed E-state index contributed by atoms with van der Waals surface area (Å²) in [6, 6.07) is -0.994. The molecule has 2 radical (unpaired) electrons.